The Morgan fingerprint density at radius 1 is 1.50 bits per heavy atom. The minimum absolute atomic E-state index is 0.00564. The first-order chi connectivity index (χ1) is 8.69. The standard InChI is InChI=1S/C12H12BrN3O2/c1-18-6-8-7-4-16-5-11(17)15-12(16)14-10(7)3-2-9(8)13/h2-3H,4-6H2,1H3,(H,14,15,17). The van der Waals surface area contributed by atoms with Gasteiger partial charge in [-0.3, -0.25) is 10.1 Å². The Kier molecular flexibility index (Phi) is 2.83. The SMILES string of the molecule is COCc1c(Br)ccc2c1CN1CC(=O)NC1=N2. The largest absolute Gasteiger partial charge is 0.380 e. The zero-order chi connectivity index (χ0) is 12.7. The summed E-state index contributed by atoms with van der Waals surface area (Å²) in [5, 5.41) is 2.76. The minimum Gasteiger partial charge on any atom is -0.380 e. The Labute approximate surface area is 113 Å². The molecular weight excluding hydrogens is 298 g/mol. The topological polar surface area (TPSA) is 53.9 Å². The molecule has 0 unspecified atom stereocenters. The van der Waals surface area contributed by atoms with Crippen LogP contribution in [0.3, 0.4) is 0 Å². The maximum atomic E-state index is 11.4. The van der Waals surface area contributed by atoms with Gasteiger partial charge in [-0.1, -0.05) is 15.9 Å². The van der Waals surface area contributed by atoms with Crippen molar-refractivity contribution in [3.8, 4) is 0 Å². The molecule has 0 spiro atoms. The number of hydrogen-bond donors (Lipinski definition) is 1. The van der Waals surface area contributed by atoms with Crippen LogP contribution in [0.4, 0.5) is 5.69 Å². The van der Waals surface area contributed by atoms with Gasteiger partial charge in [-0.2, -0.15) is 0 Å². The van der Waals surface area contributed by atoms with Crippen molar-refractivity contribution in [2.24, 2.45) is 4.99 Å². The number of methoxy groups -OCH3 is 1. The van der Waals surface area contributed by atoms with Gasteiger partial charge in [0.1, 0.15) is 6.54 Å². The number of guanidine groups is 1. The third-order valence-corrected chi connectivity index (χ3v) is 3.84. The fraction of sp³-hybridized carbons (Fsp3) is 0.333. The summed E-state index contributed by atoms with van der Waals surface area (Å²) < 4.78 is 6.24. The van der Waals surface area contributed by atoms with Gasteiger partial charge in [-0.25, -0.2) is 4.99 Å². The molecule has 0 atom stereocenters. The molecule has 1 saturated heterocycles. The number of carbonyl (C=O) groups excluding carboxylic acids is 1. The number of carbonyl (C=O) groups is 1. The number of amides is 1. The highest BCUT2D eigenvalue weighted by Crippen LogP contribution is 2.34. The molecule has 1 aromatic rings. The molecular formula is C12H12BrN3O2. The molecule has 2 aliphatic heterocycles. The van der Waals surface area contributed by atoms with Crippen molar-refractivity contribution in [1.29, 1.82) is 0 Å². The molecule has 2 aliphatic rings. The quantitative estimate of drug-likeness (QED) is 0.901. The van der Waals surface area contributed by atoms with Crippen LogP contribution in [0.15, 0.2) is 21.6 Å². The number of halogens is 1. The summed E-state index contributed by atoms with van der Waals surface area (Å²) in [6.45, 7) is 1.59. The van der Waals surface area contributed by atoms with Gasteiger partial charge >= 0.3 is 0 Å². The predicted octanol–water partition coefficient (Wildman–Crippen LogP) is 1.53. The maximum Gasteiger partial charge on any atom is 0.246 e. The molecule has 0 saturated carbocycles. The Bertz CT molecular complexity index is 556. The number of nitrogens with zero attached hydrogens (tertiary/aromatic N) is 2. The van der Waals surface area contributed by atoms with Gasteiger partial charge in [-0.15, -0.1) is 0 Å². The molecule has 1 fully saturated rings. The lowest BCUT2D eigenvalue weighted by Gasteiger charge is -2.25. The van der Waals surface area contributed by atoms with Crippen LogP contribution < -0.4 is 5.32 Å². The number of fused-ring (bicyclic) bond motifs is 2. The van der Waals surface area contributed by atoms with E-state index in [1.165, 1.54) is 0 Å². The van der Waals surface area contributed by atoms with Crippen LogP contribution in [0.2, 0.25) is 0 Å². The van der Waals surface area contributed by atoms with Crippen LogP contribution in [-0.4, -0.2) is 30.4 Å². The predicted molar refractivity (Wildman–Crippen MR) is 70.5 cm³/mol. The Balaban J connectivity index is 2.06. The number of benzene rings is 1. The van der Waals surface area contributed by atoms with E-state index in [4.69, 9.17) is 4.74 Å². The molecule has 0 radical (unpaired) electrons. The fourth-order valence-corrected chi connectivity index (χ4v) is 2.75. The van der Waals surface area contributed by atoms with Gasteiger partial charge in [0.15, 0.2) is 0 Å². The lowest BCUT2D eigenvalue weighted by molar-refractivity contribution is -0.118. The van der Waals surface area contributed by atoms with Crippen molar-refractivity contribution in [3.63, 3.8) is 0 Å². The maximum absolute atomic E-state index is 11.4. The van der Waals surface area contributed by atoms with E-state index >= 15 is 0 Å². The monoisotopic (exact) mass is 309 g/mol. The Morgan fingerprint density at radius 2 is 2.33 bits per heavy atom. The van der Waals surface area contributed by atoms with Gasteiger partial charge in [0.25, 0.3) is 0 Å². The summed E-state index contributed by atoms with van der Waals surface area (Å²) in [5.41, 5.74) is 3.11. The van der Waals surface area contributed by atoms with Crippen molar-refractivity contribution >= 4 is 33.5 Å². The smallest absolute Gasteiger partial charge is 0.246 e. The van der Waals surface area contributed by atoms with E-state index in [0.29, 0.717) is 25.7 Å². The van der Waals surface area contributed by atoms with E-state index in [-0.39, 0.29) is 5.91 Å². The number of aliphatic imine (C=N–C) groups is 1. The Morgan fingerprint density at radius 3 is 3.11 bits per heavy atom. The molecule has 0 aliphatic carbocycles. The molecule has 94 valence electrons. The average Bonchev–Trinajstić information content (AvgIpc) is 2.70. The van der Waals surface area contributed by atoms with Crippen molar-refractivity contribution in [2.45, 2.75) is 13.2 Å². The lowest BCUT2D eigenvalue weighted by atomic mass is 10.0. The van der Waals surface area contributed by atoms with Gasteiger partial charge in [-0.05, 0) is 17.7 Å². The minimum atomic E-state index is -0.00564. The van der Waals surface area contributed by atoms with Crippen LogP contribution in [-0.2, 0) is 22.7 Å². The molecule has 1 amide bonds. The highest BCUT2D eigenvalue weighted by Gasteiger charge is 2.30. The van der Waals surface area contributed by atoms with E-state index in [9.17, 15) is 4.79 Å². The zero-order valence-electron chi connectivity index (χ0n) is 9.86. The summed E-state index contributed by atoms with van der Waals surface area (Å²) in [7, 11) is 1.67. The second kappa shape index (κ2) is 4.37. The summed E-state index contributed by atoms with van der Waals surface area (Å²) in [6.07, 6.45) is 0. The molecule has 1 aromatic carbocycles. The molecule has 18 heavy (non-hydrogen) atoms. The van der Waals surface area contributed by atoms with Crippen molar-refractivity contribution < 1.29 is 9.53 Å². The van der Waals surface area contributed by atoms with E-state index in [0.717, 1.165) is 21.3 Å². The van der Waals surface area contributed by atoms with Crippen LogP contribution >= 0.6 is 15.9 Å². The second-order valence-corrected chi connectivity index (χ2v) is 5.15. The van der Waals surface area contributed by atoms with Gasteiger partial charge in [0.2, 0.25) is 11.9 Å². The zero-order valence-corrected chi connectivity index (χ0v) is 11.5. The van der Waals surface area contributed by atoms with Gasteiger partial charge in [0.05, 0.1) is 12.3 Å². The molecule has 2 heterocycles. The number of ether oxygens (including phenoxy) is 1. The van der Waals surface area contributed by atoms with Crippen molar-refractivity contribution in [2.75, 3.05) is 13.7 Å². The number of nitrogens with one attached hydrogen (secondary N) is 1. The molecule has 3 rings (SSSR count). The highest BCUT2D eigenvalue weighted by molar-refractivity contribution is 9.10. The first-order valence-corrected chi connectivity index (χ1v) is 6.41. The normalized spacial score (nSPS) is 17.1. The fourth-order valence-electron chi connectivity index (χ4n) is 2.26. The first-order valence-electron chi connectivity index (χ1n) is 5.61. The third-order valence-electron chi connectivity index (χ3n) is 3.10. The summed E-state index contributed by atoms with van der Waals surface area (Å²) in [4.78, 5) is 17.8. The summed E-state index contributed by atoms with van der Waals surface area (Å²) in [5.74, 6) is 0.645. The Hall–Kier alpha value is -1.40. The molecule has 0 bridgehead atoms. The highest BCUT2D eigenvalue weighted by atomic mass is 79.9. The van der Waals surface area contributed by atoms with Crippen molar-refractivity contribution in [1.82, 2.24) is 10.2 Å². The second-order valence-electron chi connectivity index (χ2n) is 4.30. The molecule has 6 heteroatoms. The van der Waals surface area contributed by atoms with Gasteiger partial charge in [0, 0.05) is 23.7 Å². The molecule has 0 aromatic heterocycles. The van der Waals surface area contributed by atoms with Crippen LogP contribution in [0.1, 0.15) is 11.1 Å². The van der Waals surface area contributed by atoms with E-state index in [2.05, 4.69) is 26.2 Å². The first kappa shape index (κ1) is 11.7. The molecule has 1 N–H and O–H groups in total. The van der Waals surface area contributed by atoms with Crippen LogP contribution in [0.25, 0.3) is 0 Å². The van der Waals surface area contributed by atoms with E-state index in [1.807, 2.05) is 17.0 Å². The van der Waals surface area contributed by atoms with Crippen molar-refractivity contribution in [3.05, 3.63) is 27.7 Å². The molecule has 5 nitrogen and oxygen atoms in total. The van der Waals surface area contributed by atoms with Crippen LogP contribution in [0, 0.1) is 0 Å². The summed E-state index contributed by atoms with van der Waals surface area (Å²) >= 11 is 3.53. The summed E-state index contributed by atoms with van der Waals surface area (Å²) in [6, 6.07) is 3.91. The van der Waals surface area contributed by atoms with Gasteiger partial charge < -0.3 is 9.64 Å². The van der Waals surface area contributed by atoms with Crippen LogP contribution in [0.5, 0.6) is 0 Å². The number of rotatable bonds is 2. The number of hydrogen-bond acceptors (Lipinski definition) is 4. The lowest BCUT2D eigenvalue weighted by Crippen LogP contribution is -2.32. The third kappa shape index (κ3) is 1.81. The van der Waals surface area contributed by atoms with E-state index in [1.54, 1.807) is 7.11 Å². The average molecular weight is 310 g/mol. The van der Waals surface area contributed by atoms with E-state index < -0.39 is 0 Å².